The Morgan fingerprint density at radius 1 is 1.58 bits per heavy atom. The molecule has 0 aliphatic heterocycles. The number of carbonyl (C=O) groups is 1. The molecule has 0 saturated carbocycles. The summed E-state index contributed by atoms with van der Waals surface area (Å²) in [5.41, 5.74) is 0.329. The van der Waals surface area contributed by atoms with Crippen LogP contribution in [0.25, 0.3) is 0 Å². The second-order valence-electron chi connectivity index (χ2n) is 2.32. The summed E-state index contributed by atoms with van der Waals surface area (Å²) in [6.07, 6.45) is 0. The maximum absolute atomic E-state index is 10.6. The molecule has 0 aliphatic rings. The summed E-state index contributed by atoms with van der Waals surface area (Å²) in [7, 11) is 0. The van der Waals surface area contributed by atoms with Gasteiger partial charge in [-0.05, 0) is 12.1 Å². The Kier molecular flexibility index (Phi) is 2.55. The molecule has 0 heterocycles. The minimum atomic E-state index is -0.243. The quantitative estimate of drug-likeness (QED) is 0.658. The lowest BCUT2D eigenvalue weighted by Crippen LogP contribution is -2.05. The smallest absolute Gasteiger partial charge is 0.221 e. The van der Waals surface area contributed by atoms with E-state index < -0.39 is 0 Å². The summed E-state index contributed by atoms with van der Waals surface area (Å²) in [4.78, 5) is 10.6. The standard InChI is InChI=1S/C8H8ClNO2/c1-5(11)10-7-4-2-3-6(9)8(7)12/h2-4,12H,1H3,(H,10,11). The fraction of sp³-hybridized carbons (Fsp3) is 0.125. The highest BCUT2D eigenvalue weighted by molar-refractivity contribution is 6.32. The van der Waals surface area contributed by atoms with E-state index in [9.17, 15) is 9.90 Å². The fourth-order valence-corrected chi connectivity index (χ4v) is 0.980. The third-order valence-corrected chi connectivity index (χ3v) is 1.60. The third kappa shape index (κ3) is 1.89. The number of halogens is 1. The molecular formula is C8H8ClNO2. The molecule has 12 heavy (non-hydrogen) atoms. The van der Waals surface area contributed by atoms with Crippen molar-refractivity contribution in [1.29, 1.82) is 0 Å². The van der Waals surface area contributed by atoms with E-state index in [1.54, 1.807) is 18.2 Å². The lowest BCUT2D eigenvalue weighted by molar-refractivity contribution is -0.114. The van der Waals surface area contributed by atoms with Gasteiger partial charge in [-0.3, -0.25) is 4.79 Å². The first-order valence-corrected chi connectivity index (χ1v) is 3.74. The highest BCUT2D eigenvalue weighted by Gasteiger charge is 2.04. The van der Waals surface area contributed by atoms with Gasteiger partial charge in [-0.15, -0.1) is 0 Å². The van der Waals surface area contributed by atoms with Crippen molar-refractivity contribution in [2.45, 2.75) is 6.92 Å². The summed E-state index contributed by atoms with van der Waals surface area (Å²) in [6.45, 7) is 1.36. The van der Waals surface area contributed by atoms with Crippen LogP contribution in [-0.4, -0.2) is 11.0 Å². The highest BCUT2D eigenvalue weighted by atomic mass is 35.5. The summed E-state index contributed by atoms with van der Waals surface area (Å²) >= 11 is 5.60. The van der Waals surface area contributed by atoms with Crippen LogP contribution in [0.2, 0.25) is 5.02 Å². The average molecular weight is 186 g/mol. The third-order valence-electron chi connectivity index (χ3n) is 1.30. The van der Waals surface area contributed by atoms with Crippen molar-refractivity contribution in [1.82, 2.24) is 0 Å². The number of anilines is 1. The van der Waals surface area contributed by atoms with Gasteiger partial charge in [0.25, 0.3) is 0 Å². The second-order valence-corrected chi connectivity index (χ2v) is 2.72. The Hall–Kier alpha value is -1.22. The first kappa shape index (κ1) is 8.87. The van der Waals surface area contributed by atoms with Gasteiger partial charge in [0.2, 0.25) is 5.91 Å². The maximum Gasteiger partial charge on any atom is 0.221 e. The minimum Gasteiger partial charge on any atom is -0.504 e. The Morgan fingerprint density at radius 2 is 2.25 bits per heavy atom. The summed E-state index contributed by atoms with van der Waals surface area (Å²) < 4.78 is 0. The molecule has 0 atom stereocenters. The number of amides is 1. The number of hydrogen-bond donors (Lipinski definition) is 2. The van der Waals surface area contributed by atoms with Gasteiger partial charge in [-0.1, -0.05) is 17.7 Å². The van der Waals surface area contributed by atoms with E-state index >= 15 is 0 Å². The molecule has 0 fully saturated rings. The molecule has 1 rings (SSSR count). The Bertz CT molecular complexity index is 312. The van der Waals surface area contributed by atoms with Crippen molar-refractivity contribution >= 4 is 23.2 Å². The first-order valence-electron chi connectivity index (χ1n) is 3.36. The molecule has 64 valence electrons. The van der Waals surface area contributed by atoms with Gasteiger partial charge in [0.05, 0.1) is 10.7 Å². The number of nitrogens with one attached hydrogen (secondary N) is 1. The van der Waals surface area contributed by atoms with E-state index in [0.29, 0.717) is 5.69 Å². The molecule has 0 unspecified atom stereocenters. The van der Waals surface area contributed by atoms with Crippen molar-refractivity contribution in [3.05, 3.63) is 23.2 Å². The molecule has 0 spiro atoms. The zero-order chi connectivity index (χ0) is 9.14. The maximum atomic E-state index is 10.6. The number of para-hydroxylation sites is 1. The number of benzene rings is 1. The molecule has 4 heteroatoms. The number of rotatable bonds is 1. The molecule has 1 aromatic rings. The normalized spacial score (nSPS) is 9.50. The van der Waals surface area contributed by atoms with Crippen LogP contribution >= 0.6 is 11.6 Å². The summed E-state index contributed by atoms with van der Waals surface area (Å²) in [6, 6.07) is 4.76. The van der Waals surface area contributed by atoms with Gasteiger partial charge >= 0.3 is 0 Å². The van der Waals surface area contributed by atoms with Crippen LogP contribution in [0.1, 0.15) is 6.92 Å². The number of phenols is 1. The van der Waals surface area contributed by atoms with Crippen molar-refractivity contribution in [2.24, 2.45) is 0 Å². The number of hydrogen-bond acceptors (Lipinski definition) is 2. The Labute approximate surface area is 75.0 Å². The van der Waals surface area contributed by atoms with Gasteiger partial charge in [-0.2, -0.15) is 0 Å². The van der Waals surface area contributed by atoms with E-state index in [-0.39, 0.29) is 16.7 Å². The summed E-state index contributed by atoms with van der Waals surface area (Å²) in [5, 5.41) is 12.0. The van der Waals surface area contributed by atoms with Crippen molar-refractivity contribution in [3.8, 4) is 5.75 Å². The number of carbonyl (C=O) groups excluding carboxylic acids is 1. The zero-order valence-electron chi connectivity index (χ0n) is 6.47. The zero-order valence-corrected chi connectivity index (χ0v) is 7.22. The van der Waals surface area contributed by atoms with E-state index in [1.807, 2.05) is 0 Å². The van der Waals surface area contributed by atoms with Gasteiger partial charge in [0, 0.05) is 6.92 Å². The summed E-state index contributed by atoms with van der Waals surface area (Å²) in [5.74, 6) is -0.345. The van der Waals surface area contributed by atoms with Crippen LogP contribution in [0, 0.1) is 0 Å². The predicted molar refractivity (Wildman–Crippen MR) is 47.4 cm³/mol. The Morgan fingerprint density at radius 3 is 2.83 bits per heavy atom. The molecule has 1 aromatic carbocycles. The number of aromatic hydroxyl groups is 1. The molecule has 0 bridgehead atoms. The van der Waals surface area contributed by atoms with Crippen LogP contribution in [0.4, 0.5) is 5.69 Å². The van der Waals surface area contributed by atoms with Crippen molar-refractivity contribution in [3.63, 3.8) is 0 Å². The van der Waals surface area contributed by atoms with Crippen molar-refractivity contribution in [2.75, 3.05) is 5.32 Å². The SMILES string of the molecule is CC(=O)Nc1cccc(Cl)c1O. The van der Waals surface area contributed by atoms with Crippen molar-refractivity contribution < 1.29 is 9.90 Å². The monoisotopic (exact) mass is 185 g/mol. The average Bonchev–Trinajstić information content (AvgIpc) is 1.98. The molecule has 3 nitrogen and oxygen atoms in total. The minimum absolute atomic E-state index is 0.102. The lowest BCUT2D eigenvalue weighted by Gasteiger charge is -2.04. The molecule has 0 aromatic heterocycles. The van der Waals surface area contributed by atoms with E-state index in [0.717, 1.165) is 0 Å². The van der Waals surface area contributed by atoms with Crippen LogP contribution in [0.3, 0.4) is 0 Å². The van der Waals surface area contributed by atoms with Gasteiger partial charge in [0.15, 0.2) is 5.75 Å². The largest absolute Gasteiger partial charge is 0.504 e. The van der Waals surface area contributed by atoms with Crippen LogP contribution in [0.5, 0.6) is 5.75 Å². The van der Waals surface area contributed by atoms with Crippen LogP contribution in [0.15, 0.2) is 18.2 Å². The van der Waals surface area contributed by atoms with Crippen LogP contribution < -0.4 is 5.32 Å². The van der Waals surface area contributed by atoms with E-state index in [4.69, 9.17) is 11.6 Å². The molecule has 1 amide bonds. The topological polar surface area (TPSA) is 49.3 Å². The molecular weight excluding hydrogens is 178 g/mol. The molecule has 0 radical (unpaired) electrons. The Balaban J connectivity index is 3.00. The fourth-order valence-electron chi connectivity index (χ4n) is 0.806. The van der Waals surface area contributed by atoms with Crippen LogP contribution in [-0.2, 0) is 4.79 Å². The second kappa shape index (κ2) is 3.45. The van der Waals surface area contributed by atoms with E-state index in [2.05, 4.69) is 5.32 Å². The predicted octanol–water partition coefficient (Wildman–Crippen LogP) is 2.00. The first-order chi connectivity index (χ1) is 5.61. The van der Waals surface area contributed by atoms with E-state index in [1.165, 1.54) is 6.92 Å². The van der Waals surface area contributed by atoms with Gasteiger partial charge in [0.1, 0.15) is 0 Å². The van der Waals surface area contributed by atoms with Gasteiger partial charge < -0.3 is 10.4 Å². The lowest BCUT2D eigenvalue weighted by atomic mass is 10.3. The molecule has 2 N–H and O–H groups in total. The number of phenolic OH excluding ortho intramolecular Hbond substituents is 1. The molecule has 0 saturated heterocycles. The molecule has 0 aliphatic carbocycles. The highest BCUT2D eigenvalue weighted by Crippen LogP contribution is 2.30. The van der Waals surface area contributed by atoms with Gasteiger partial charge in [-0.25, -0.2) is 0 Å².